The molecule has 0 aliphatic carbocycles. The molecule has 2 aromatic carbocycles. The largest absolute Gasteiger partial charge is 0.462 e. The van der Waals surface area contributed by atoms with E-state index in [2.05, 4.69) is 20.8 Å². The smallest absolute Gasteiger partial charge is 0.338 e. The summed E-state index contributed by atoms with van der Waals surface area (Å²) in [4.78, 5) is 36.7. The van der Waals surface area contributed by atoms with Crippen LogP contribution in [0.25, 0.3) is 0 Å². The van der Waals surface area contributed by atoms with Crippen LogP contribution in [0.3, 0.4) is 0 Å². The average molecular weight is 482 g/mol. The highest BCUT2D eigenvalue weighted by molar-refractivity contribution is 7.99. The zero-order valence-electron chi connectivity index (χ0n) is 19.5. The maximum atomic E-state index is 12.6. The van der Waals surface area contributed by atoms with E-state index in [-0.39, 0.29) is 23.6 Å². The molecule has 1 unspecified atom stereocenters. The van der Waals surface area contributed by atoms with Gasteiger partial charge in [0.2, 0.25) is 5.91 Å². The molecule has 178 valence electrons. The van der Waals surface area contributed by atoms with Crippen LogP contribution in [0.1, 0.15) is 52.0 Å². The van der Waals surface area contributed by atoms with Gasteiger partial charge in [-0.3, -0.25) is 9.59 Å². The van der Waals surface area contributed by atoms with E-state index in [1.54, 1.807) is 48.9 Å². The Morgan fingerprint density at radius 1 is 1.09 bits per heavy atom. The maximum Gasteiger partial charge on any atom is 0.338 e. The van der Waals surface area contributed by atoms with E-state index >= 15 is 0 Å². The molecule has 2 N–H and O–H groups in total. The predicted octanol–water partition coefficient (Wildman–Crippen LogP) is 3.52. The van der Waals surface area contributed by atoms with Crippen molar-refractivity contribution in [3.63, 3.8) is 0 Å². The van der Waals surface area contributed by atoms with Crippen LogP contribution >= 0.6 is 11.8 Å². The number of anilines is 1. The van der Waals surface area contributed by atoms with Gasteiger partial charge >= 0.3 is 5.97 Å². The second-order valence-corrected chi connectivity index (χ2v) is 8.49. The summed E-state index contributed by atoms with van der Waals surface area (Å²) in [5, 5.41) is 14.6. The van der Waals surface area contributed by atoms with Gasteiger partial charge in [0.15, 0.2) is 11.0 Å². The molecule has 9 nitrogen and oxygen atoms in total. The number of ether oxygens (including phenoxy) is 1. The van der Waals surface area contributed by atoms with Crippen LogP contribution in [0.4, 0.5) is 5.69 Å². The number of esters is 1. The minimum Gasteiger partial charge on any atom is -0.462 e. The first-order chi connectivity index (χ1) is 16.3. The molecule has 0 fully saturated rings. The predicted molar refractivity (Wildman–Crippen MR) is 130 cm³/mol. The third kappa shape index (κ3) is 6.22. The monoisotopic (exact) mass is 481 g/mol. The van der Waals surface area contributed by atoms with Gasteiger partial charge in [-0.05, 0) is 56.7 Å². The zero-order chi connectivity index (χ0) is 24.7. The van der Waals surface area contributed by atoms with Crippen molar-refractivity contribution in [1.29, 1.82) is 0 Å². The van der Waals surface area contributed by atoms with Crippen LogP contribution in [-0.2, 0) is 16.6 Å². The fraction of sp³-hybridized carbons (Fsp3) is 0.292. The molecule has 3 rings (SSSR count). The van der Waals surface area contributed by atoms with Crippen molar-refractivity contribution >= 4 is 35.2 Å². The van der Waals surface area contributed by atoms with Crippen molar-refractivity contribution in [2.75, 3.05) is 17.7 Å². The Hall–Kier alpha value is -3.66. The first-order valence-electron chi connectivity index (χ1n) is 10.8. The molecule has 0 spiro atoms. The van der Waals surface area contributed by atoms with Gasteiger partial charge < -0.3 is 19.9 Å². The van der Waals surface area contributed by atoms with Crippen molar-refractivity contribution in [3.8, 4) is 0 Å². The Labute approximate surface area is 202 Å². The number of aromatic nitrogens is 3. The minimum atomic E-state index is -0.404. The third-order valence-electron chi connectivity index (χ3n) is 5.01. The average Bonchev–Trinajstić information content (AvgIpc) is 3.19. The van der Waals surface area contributed by atoms with Crippen molar-refractivity contribution in [1.82, 2.24) is 20.1 Å². The standard InChI is InChI=1S/C24H27N5O4S/c1-5-33-23(32)17-10-12-18(13-11-17)26-20(30)14-34-24-28-27-21(29(24)4)16(3)25-22(31)19-9-7-6-8-15(19)2/h6-13,16H,5,14H2,1-4H3,(H,25,31)(H,26,30). The summed E-state index contributed by atoms with van der Waals surface area (Å²) in [7, 11) is 1.79. The molecule has 2 amide bonds. The van der Waals surface area contributed by atoms with E-state index in [1.807, 2.05) is 32.0 Å². The lowest BCUT2D eigenvalue weighted by Crippen LogP contribution is -2.29. The van der Waals surface area contributed by atoms with E-state index in [4.69, 9.17) is 4.74 Å². The summed E-state index contributed by atoms with van der Waals surface area (Å²) < 4.78 is 6.71. The van der Waals surface area contributed by atoms with E-state index < -0.39 is 5.97 Å². The lowest BCUT2D eigenvalue weighted by molar-refractivity contribution is -0.113. The van der Waals surface area contributed by atoms with Crippen LogP contribution < -0.4 is 10.6 Å². The Bertz CT molecular complexity index is 1180. The molecule has 1 atom stereocenters. The van der Waals surface area contributed by atoms with Crippen LogP contribution in [-0.4, -0.2) is 44.9 Å². The summed E-state index contributed by atoms with van der Waals surface area (Å²) in [6, 6.07) is 13.5. The molecule has 10 heteroatoms. The van der Waals surface area contributed by atoms with Gasteiger partial charge in [0, 0.05) is 18.3 Å². The van der Waals surface area contributed by atoms with Crippen LogP contribution in [0.2, 0.25) is 0 Å². The normalized spacial score (nSPS) is 11.5. The van der Waals surface area contributed by atoms with E-state index in [0.717, 1.165) is 5.56 Å². The van der Waals surface area contributed by atoms with Gasteiger partial charge in [-0.25, -0.2) is 4.79 Å². The van der Waals surface area contributed by atoms with Gasteiger partial charge in [0.25, 0.3) is 5.91 Å². The molecule has 0 radical (unpaired) electrons. The summed E-state index contributed by atoms with van der Waals surface area (Å²) in [6.45, 7) is 5.76. The molecule has 34 heavy (non-hydrogen) atoms. The number of nitrogens with one attached hydrogen (secondary N) is 2. The van der Waals surface area contributed by atoms with Crippen molar-refractivity contribution < 1.29 is 19.1 Å². The van der Waals surface area contributed by atoms with Crippen LogP contribution in [0, 0.1) is 6.92 Å². The van der Waals surface area contributed by atoms with Crippen molar-refractivity contribution in [2.24, 2.45) is 7.05 Å². The number of rotatable bonds is 9. The number of aryl methyl sites for hydroxylation is 1. The molecular formula is C24H27N5O4S. The quantitative estimate of drug-likeness (QED) is 0.355. The first-order valence-corrected chi connectivity index (χ1v) is 11.7. The summed E-state index contributed by atoms with van der Waals surface area (Å²) >= 11 is 1.24. The van der Waals surface area contributed by atoms with E-state index in [9.17, 15) is 14.4 Å². The molecule has 0 aliphatic rings. The van der Waals surface area contributed by atoms with E-state index in [1.165, 1.54) is 11.8 Å². The SMILES string of the molecule is CCOC(=O)c1ccc(NC(=O)CSc2nnc(C(C)NC(=O)c3ccccc3C)n2C)cc1. The van der Waals surface area contributed by atoms with Crippen molar-refractivity contribution in [3.05, 3.63) is 71.0 Å². The van der Waals surface area contributed by atoms with Gasteiger partial charge in [-0.1, -0.05) is 30.0 Å². The number of thioether (sulfide) groups is 1. The fourth-order valence-corrected chi connectivity index (χ4v) is 3.94. The summed E-state index contributed by atoms with van der Waals surface area (Å²) in [5.41, 5.74) is 2.50. The minimum absolute atomic E-state index is 0.121. The van der Waals surface area contributed by atoms with E-state index in [0.29, 0.717) is 34.4 Å². The van der Waals surface area contributed by atoms with Gasteiger partial charge in [0.1, 0.15) is 0 Å². The van der Waals surface area contributed by atoms with Gasteiger partial charge in [0.05, 0.1) is 24.0 Å². The fourth-order valence-electron chi connectivity index (χ4n) is 3.23. The number of carbonyl (C=O) groups excluding carboxylic acids is 3. The molecule has 0 saturated heterocycles. The number of carbonyl (C=O) groups is 3. The van der Waals surface area contributed by atoms with Crippen LogP contribution in [0.5, 0.6) is 0 Å². The number of amides is 2. The lowest BCUT2D eigenvalue weighted by Gasteiger charge is -2.14. The molecule has 1 aromatic heterocycles. The highest BCUT2D eigenvalue weighted by Crippen LogP contribution is 2.20. The van der Waals surface area contributed by atoms with Crippen LogP contribution in [0.15, 0.2) is 53.7 Å². The number of hydrogen-bond acceptors (Lipinski definition) is 7. The molecule has 0 aliphatic heterocycles. The lowest BCUT2D eigenvalue weighted by atomic mass is 10.1. The van der Waals surface area contributed by atoms with Crippen molar-refractivity contribution in [2.45, 2.75) is 32.0 Å². The first kappa shape index (κ1) is 25.0. The second-order valence-electron chi connectivity index (χ2n) is 7.54. The molecule has 1 heterocycles. The highest BCUT2D eigenvalue weighted by Gasteiger charge is 2.19. The van der Waals surface area contributed by atoms with Gasteiger partial charge in [-0.2, -0.15) is 0 Å². The Morgan fingerprint density at radius 2 is 1.79 bits per heavy atom. The topological polar surface area (TPSA) is 115 Å². The van der Waals surface area contributed by atoms with Gasteiger partial charge in [-0.15, -0.1) is 10.2 Å². The molecular weight excluding hydrogens is 454 g/mol. The molecule has 3 aromatic rings. The third-order valence-corrected chi connectivity index (χ3v) is 6.03. The number of nitrogens with zero attached hydrogens (tertiary/aromatic N) is 3. The number of hydrogen-bond donors (Lipinski definition) is 2. The second kappa shape index (κ2) is 11.5. The molecule has 0 bridgehead atoms. The summed E-state index contributed by atoms with van der Waals surface area (Å²) in [6.07, 6.45) is 0. The summed E-state index contributed by atoms with van der Waals surface area (Å²) in [5.74, 6) is -0.108. The Balaban J connectivity index is 1.54. The molecule has 0 saturated carbocycles. The maximum absolute atomic E-state index is 12.6. The zero-order valence-corrected chi connectivity index (χ0v) is 20.3. The Kier molecular flexibility index (Phi) is 8.42. The number of benzene rings is 2. The highest BCUT2D eigenvalue weighted by atomic mass is 32.2. The Morgan fingerprint density at radius 3 is 2.47 bits per heavy atom.